The fraction of sp³-hybridized carbons (Fsp3) is 0.467. The number of oxazole rings is 1. The number of nitrogens with one attached hydrogen (secondary N) is 2. The van der Waals surface area contributed by atoms with E-state index in [9.17, 15) is 4.79 Å². The van der Waals surface area contributed by atoms with Crippen molar-refractivity contribution in [1.29, 1.82) is 0 Å². The van der Waals surface area contributed by atoms with Crippen LogP contribution in [0.4, 0.5) is 5.69 Å². The second kappa shape index (κ2) is 4.68. The Morgan fingerprint density at radius 2 is 2.19 bits per heavy atom. The first-order valence-corrected chi connectivity index (χ1v) is 7.59. The van der Waals surface area contributed by atoms with E-state index in [4.69, 9.17) is 21.4 Å². The lowest BCUT2D eigenvalue weighted by atomic mass is 9.93. The van der Waals surface area contributed by atoms with Gasteiger partial charge < -0.3 is 19.5 Å². The highest BCUT2D eigenvalue weighted by Gasteiger charge is 2.57. The molecule has 2 aliphatic rings. The SMILES string of the molecule is O=C(Nc1ccc2[nH]c(=S)oc2c1)[C@H]1CC12CCOCC2. The van der Waals surface area contributed by atoms with Crippen LogP contribution < -0.4 is 5.32 Å². The molecule has 5 nitrogen and oxygen atoms in total. The van der Waals surface area contributed by atoms with Crippen molar-refractivity contribution in [3.8, 4) is 0 Å². The molecular weight excluding hydrogens is 288 g/mol. The van der Waals surface area contributed by atoms with Crippen LogP contribution in [0.3, 0.4) is 0 Å². The largest absolute Gasteiger partial charge is 0.429 e. The van der Waals surface area contributed by atoms with E-state index in [0.29, 0.717) is 10.4 Å². The Hall–Kier alpha value is -1.66. The topological polar surface area (TPSA) is 67.3 Å². The molecule has 0 unspecified atom stereocenters. The summed E-state index contributed by atoms with van der Waals surface area (Å²) in [7, 11) is 0. The Balaban J connectivity index is 1.49. The number of benzene rings is 1. The minimum Gasteiger partial charge on any atom is -0.429 e. The maximum absolute atomic E-state index is 12.4. The Bertz CT molecular complexity index is 758. The van der Waals surface area contributed by atoms with Crippen molar-refractivity contribution < 1.29 is 13.9 Å². The Morgan fingerprint density at radius 1 is 1.38 bits per heavy atom. The number of H-pyrrole nitrogens is 1. The van der Waals surface area contributed by atoms with Gasteiger partial charge in [-0.05, 0) is 49.0 Å². The highest BCUT2D eigenvalue weighted by molar-refractivity contribution is 7.71. The molecule has 4 rings (SSSR count). The first-order valence-electron chi connectivity index (χ1n) is 7.18. The number of anilines is 1. The minimum atomic E-state index is 0.102. The zero-order valence-electron chi connectivity index (χ0n) is 11.5. The number of hydrogen-bond donors (Lipinski definition) is 2. The molecule has 2 fully saturated rings. The molecule has 1 spiro atoms. The van der Waals surface area contributed by atoms with Crippen molar-refractivity contribution in [3.05, 3.63) is 23.0 Å². The third kappa shape index (κ3) is 2.28. The fourth-order valence-corrected chi connectivity index (χ4v) is 3.50. The Labute approximate surface area is 126 Å². The van der Waals surface area contributed by atoms with Gasteiger partial charge >= 0.3 is 0 Å². The summed E-state index contributed by atoms with van der Waals surface area (Å²) in [5.41, 5.74) is 2.44. The normalized spacial score (nSPS) is 23.3. The standard InChI is InChI=1S/C15H16N2O3S/c18-13(10-8-15(10)3-5-19-6-4-15)16-9-1-2-11-12(7-9)20-14(21)17-11/h1-2,7,10H,3-6,8H2,(H,16,18)(H,17,21)/t10-/m1/s1. The van der Waals surface area contributed by atoms with Crippen molar-refractivity contribution in [2.45, 2.75) is 19.3 Å². The van der Waals surface area contributed by atoms with Crippen LogP contribution in [0.25, 0.3) is 11.1 Å². The lowest BCUT2D eigenvalue weighted by molar-refractivity contribution is -0.118. The zero-order chi connectivity index (χ0) is 14.4. The molecule has 1 saturated heterocycles. The van der Waals surface area contributed by atoms with Crippen LogP contribution >= 0.6 is 12.2 Å². The number of aromatic amines is 1. The fourth-order valence-electron chi connectivity index (χ4n) is 3.30. The summed E-state index contributed by atoms with van der Waals surface area (Å²) in [5.74, 6) is 0.222. The molecule has 0 bridgehead atoms. The first kappa shape index (κ1) is 13.0. The molecular formula is C15H16N2O3S. The maximum atomic E-state index is 12.4. The highest BCUT2D eigenvalue weighted by Crippen LogP contribution is 2.59. The van der Waals surface area contributed by atoms with Crippen LogP contribution in [-0.2, 0) is 9.53 Å². The maximum Gasteiger partial charge on any atom is 0.266 e. The summed E-state index contributed by atoms with van der Waals surface area (Å²) >= 11 is 4.96. The van der Waals surface area contributed by atoms with Gasteiger partial charge in [-0.15, -0.1) is 0 Å². The van der Waals surface area contributed by atoms with E-state index in [1.807, 2.05) is 12.1 Å². The summed E-state index contributed by atoms with van der Waals surface area (Å²) in [5, 5.41) is 2.99. The van der Waals surface area contributed by atoms with Gasteiger partial charge in [-0.3, -0.25) is 4.79 Å². The van der Waals surface area contributed by atoms with Gasteiger partial charge in [0.1, 0.15) is 0 Å². The van der Waals surface area contributed by atoms with Crippen LogP contribution in [0.15, 0.2) is 22.6 Å². The molecule has 110 valence electrons. The van der Waals surface area contributed by atoms with Crippen molar-refractivity contribution in [3.63, 3.8) is 0 Å². The lowest BCUT2D eigenvalue weighted by Gasteiger charge is -2.22. The van der Waals surface area contributed by atoms with Gasteiger partial charge in [0, 0.05) is 30.9 Å². The molecule has 1 aromatic heterocycles. The van der Waals surface area contributed by atoms with E-state index in [2.05, 4.69) is 10.3 Å². The van der Waals surface area contributed by atoms with Crippen molar-refractivity contribution in [2.24, 2.45) is 11.3 Å². The second-order valence-corrected chi connectivity index (χ2v) is 6.32. The number of amides is 1. The minimum absolute atomic E-state index is 0.102. The predicted molar refractivity (Wildman–Crippen MR) is 80.6 cm³/mol. The number of ether oxygens (including phenoxy) is 1. The van der Waals surface area contributed by atoms with E-state index in [1.54, 1.807) is 6.07 Å². The van der Waals surface area contributed by atoms with E-state index >= 15 is 0 Å². The molecule has 1 saturated carbocycles. The van der Waals surface area contributed by atoms with Crippen LogP contribution in [-0.4, -0.2) is 24.1 Å². The zero-order valence-corrected chi connectivity index (χ0v) is 12.3. The molecule has 1 amide bonds. The van der Waals surface area contributed by atoms with Gasteiger partial charge in [-0.25, -0.2) is 0 Å². The summed E-state index contributed by atoms with van der Waals surface area (Å²) in [4.78, 5) is 15.7. The molecule has 2 N–H and O–H groups in total. The van der Waals surface area contributed by atoms with Crippen molar-refractivity contribution >= 4 is 34.9 Å². The molecule has 0 radical (unpaired) electrons. The molecule has 1 atom stereocenters. The first-order chi connectivity index (χ1) is 10.2. The summed E-state index contributed by atoms with van der Waals surface area (Å²) in [6.45, 7) is 1.55. The molecule has 1 aromatic carbocycles. The smallest absolute Gasteiger partial charge is 0.266 e. The average molecular weight is 304 g/mol. The lowest BCUT2D eigenvalue weighted by Crippen LogP contribution is -2.24. The van der Waals surface area contributed by atoms with E-state index < -0.39 is 0 Å². The van der Waals surface area contributed by atoms with E-state index in [1.165, 1.54) is 0 Å². The van der Waals surface area contributed by atoms with Crippen LogP contribution in [0.2, 0.25) is 0 Å². The molecule has 6 heteroatoms. The van der Waals surface area contributed by atoms with Crippen LogP contribution in [0.1, 0.15) is 19.3 Å². The van der Waals surface area contributed by atoms with Gasteiger partial charge in [0.25, 0.3) is 4.84 Å². The van der Waals surface area contributed by atoms with Crippen molar-refractivity contribution in [2.75, 3.05) is 18.5 Å². The van der Waals surface area contributed by atoms with Crippen LogP contribution in [0.5, 0.6) is 0 Å². The number of fused-ring (bicyclic) bond motifs is 1. The molecule has 21 heavy (non-hydrogen) atoms. The Kier molecular flexibility index (Phi) is 2.90. The molecule has 1 aliphatic carbocycles. The third-order valence-corrected chi connectivity index (χ3v) is 4.87. The van der Waals surface area contributed by atoms with Gasteiger partial charge in [0.05, 0.1) is 5.52 Å². The monoisotopic (exact) mass is 304 g/mol. The van der Waals surface area contributed by atoms with E-state index in [0.717, 1.165) is 43.7 Å². The second-order valence-electron chi connectivity index (χ2n) is 5.95. The Morgan fingerprint density at radius 3 is 3.00 bits per heavy atom. The highest BCUT2D eigenvalue weighted by atomic mass is 32.1. The molecule has 2 heterocycles. The van der Waals surface area contributed by atoms with Crippen LogP contribution in [0, 0.1) is 16.2 Å². The summed E-state index contributed by atoms with van der Waals surface area (Å²) in [6.07, 6.45) is 2.97. The third-order valence-electron chi connectivity index (χ3n) is 4.68. The van der Waals surface area contributed by atoms with E-state index in [-0.39, 0.29) is 17.2 Å². The van der Waals surface area contributed by atoms with Crippen molar-refractivity contribution in [1.82, 2.24) is 4.98 Å². The summed E-state index contributed by atoms with van der Waals surface area (Å²) < 4.78 is 10.8. The number of carbonyl (C=O) groups is 1. The van der Waals surface area contributed by atoms with Gasteiger partial charge in [-0.1, -0.05) is 0 Å². The molecule has 1 aliphatic heterocycles. The predicted octanol–water partition coefficient (Wildman–Crippen LogP) is 3.25. The number of aromatic nitrogens is 1. The number of hydrogen-bond acceptors (Lipinski definition) is 4. The number of rotatable bonds is 2. The quantitative estimate of drug-likeness (QED) is 0.836. The number of carbonyl (C=O) groups excluding carboxylic acids is 1. The van der Waals surface area contributed by atoms with Gasteiger partial charge in [-0.2, -0.15) is 0 Å². The molecule has 2 aromatic rings. The van der Waals surface area contributed by atoms with Gasteiger partial charge in [0.2, 0.25) is 5.91 Å². The summed E-state index contributed by atoms with van der Waals surface area (Å²) in [6, 6.07) is 5.53. The average Bonchev–Trinajstić information content (AvgIpc) is 3.02. The van der Waals surface area contributed by atoms with Gasteiger partial charge in [0.15, 0.2) is 5.58 Å².